The molecule has 0 radical (unpaired) electrons. The van der Waals surface area contributed by atoms with E-state index in [1.54, 1.807) is 0 Å². The van der Waals surface area contributed by atoms with Crippen LogP contribution in [0.4, 0.5) is 0 Å². The molecule has 0 aromatic heterocycles. The van der Waals surface area contributed by atoms with Crippen molar-refractivity contribution in [3.05, 3.63) is 0 Å². The third kappa shape index (κ3) is 8.95. The fourth-order valence-electron chi connectivity index (χ4n) is 1.53. The lowest BCUT2D eigenvalue weighted by Gasteiger charge is -2.18. The number of carbonyl (C=O) groups excluding carboxylic acids is 4. The standard InChI is InChI=1S/C12H21N5O6S/c13-3-9(19)16-6(1-2-8(14)18)11(21)15-4-10(20)17-7(5-24)12(22)23/h6-7,24H,1-5,13H2,(H2,14,18)(H,15,21)(H,16,19)(H,17,20)(H,22,23). The highest BCUT2D eigenvalue weighted by Gasteiger charge is 2.22. The number of carboxylic acid groups (broad SMARTS) is 1. The molecule has 24 heavy (non-hydrogen) atoms. The van der Waals surface area contributed by atoms with E-state index in [0.29, 0.717) is 0 Å². The van der Waals surface area contributed by atoms with Crippen molar-refractivity contribution >= 4 is 42.2 Å². The Labute approximate surface area is 143 Å². The van der Waals surface area contributed by atoms with Crippen molar-refractivity contribution in [2.45, 2.75) is 24.9 Å². The molecule has 136 valence electrons. The molecule has 4 amide bonds. The third-order valence-electron chi connectivity index (χ3n) is 2.76. The van der Waals surface area contributed by atoms with Gasteiger partial charge in [-0.1, -0.05) is 0 Å². The van der Waals surface area contributed by atoms with Gasteiger partial charge in [0.1, 0.15) is 12.1 Å². The second-order valence-corrected chi connectivity index (χ2v) is 5.05. The molecule has 8 N–H and O–H groups in total. The molecule has 0 aliphatic rings. The van der Waals surface area contributed by atoms with Gasteiger partial charge in [-0.25, -0.2) is 4.79 Å². The van der Waals surface area contributed by atoms with Crippen molar-refractivity contribution in [2.75, 3.05) is 18.8 Å². The van der Waals surface area contributed by atoms with E-state index in [0.717, 1.165) is 0 Å². The number of rotatable bonds is 11. The molecule has 0 spiro atoms. The predicted molar refractivity (Wildman–Crippen MR) is 85.8 cm³/mol. The average molecular weight is 363 g/mol. The van der Waals surface area contributed by atoms with Gasteiger partial charge in [0.2, 0.25) is 23.6 Å². The van der Waals surface area contributed by atoms with Crippen LogP contribution in [-0.4, -0.2) is 65.6 Å². The molecule has 0 saturated carbocycles. The lowest BCUT2D eigenvalue weighted by Crippen LogP contribution is -2.52. The third-order valence-corrected chi connectivity index (χ3v) is 3.12. The summed E-state index contributed by atoms with van der Waals surface area (Å²) < 4.78 is 0. The number of thiol groups is 1. The molecule has 0 rings (SSSR count). The molecular weight excluding hydrogens is 342 g/mol. The largest absolute Gasteiger partial charge is 0.480 e. The summed E-state index contributed by atoms with van der Waals surface area (Å²) in [6.45, 7) is -0.870. The zero-order chi connectivity index (χ0) is 18.7. The van der Waals surface area contributed by atoms with Gasteiger partial charge in [-0.3, -0.25) is 19.2 Å². The lowest BCUT2D eigenvalue weighted by atomic mass is 10.1. The fraction of sp³-hybridized carbons (Fsp3) is 0.583. The quantitative estimate of drug-likeness (QED) is 0.183. The lowest BCUT2D eigenvalue weighted by molar-refractivity contribution is -0.141. The van der Waals surface area contributed by atoms with Crippen LogP contribution in [0.2, 0.25) is 0 Å². The first-order valence-corrected chi connectivity index (χ1v) is 7.53. The van der Waals surface area contributed by atoms with Crippen molar-refractivity contribution in [1.82, 2.24) is 16.0 Å². The number of nitrogens with one attached hydrogen (secondary N) is 3. The molecule has 0 bridgehead atoms. The number of hydrogen-bond acceptors (Lipinski definition) is 7. The predicted octanol–water partition coefficient (Wildman–Crippen LogP) is -3.69. The van der Waals surface area contributed by atoms with Crippen molar-refractivity contribution in [3.8, 4) is 0 Å². The molecular formula is C12H21N5O6S. The summed E-state index contributed by atoms with van der Waals surface area (Å²) in [4.78, 5) is 56.4. The molecule has 0 fully saturated rings. The van der Waals surface area contributed by atoms with Gasteiger partial charge >= 0.3 is 5.97 Å². The van der Waals surface area contributed by atoms with Gasteiger partial charge in [0.05, 0.1) is 13.1 Å². The Bertz CT molecular complexity index is 500. The van der Waals surface area contributed by atoms with E-state index in [1.165, 1.54) is 0 Å². The van der Waals surface area contributed by atoms with Crippen LogP contribution in [0.1, 0.15) is 12.8 Å². The minimum atomic E-state index is -1.26. The Balaban J connectivity index is 4.57. The summed E-state index contributed by atoms with van der Waals surface area (Å²) in [5.41, 5.74) is 10.1. The van der Waals surface area contributed by atoms with Crippen LogP contribution in [-0.2, 0) is 24.0 Å². The molecule has 2 unspecified atom stereocenters. The molecule has 12 heteroatoms. The molecule has 0 aromatic carbocycles. The maximum atomic E-state index is 12.0. The first-order chi connectivity index (χ1) is 11.2. The number of amides is 4. The van der Waals surface area contributed by atoms with Crippen LogP contribution in [0.15, 0.2) is 0 Å². The number of hydrogen-bond donors (Lipinski definition) is 7. The van der Waals surface area contributed by atoms with Gasteiger partial charge < -0.3 is 32.5 Å². The maximum absolute atomic E-state index is 12.0. The van der Waals surface area contributed by atoms with Gasteiger partial charge in [0.25, 0.3) is 0 Å². The molecule has 0 aliphatic carbocycles. The van der Waals surface area contributed by atoms with Crippen molar-refractivity contribution in [1.29, 1.82) is 0 Å². The van der Waals surface area contributed by atoms with Gasteiger partial charge in [-0.05, 0) is 6.42 Å². The SMILES string of the molecule is NCC(=O)NC(CCC(N)=O)C(=O)NCC(=O)NC(CS)C(=O)O. The Morgan fingerprint density at radius 3 is 2.08 bits per heavy atom. The summed E-state index contributed by atoms with van der Waals surface area (Å²) in [6, 6.07) is -2.29. The number of carbonyl (C=O) groups is 5. The molecule has 11 nitrogen and oxygen atoms in total. The molecule has 0 heterocycles. The first kappa shape index (κ1) is 21.7. The molecule has 0 aliphatic heterocycles. The summed E-state index contributed by atoms with van der Waals surface area (Å²) >= 11 is 3.78. The fourth-order valence-corrected chi connectivity index (χ4v) is 1.78. The van der Waals surface area contributed by atoms with E-state index < -0.39 is 48.2 Å². The monoisotopic (exact) mass is 363 g/mol. The average Bonchev–Trinajstić information content (AvgIpc) is 2.53. The summed E-state index contributed by atoms with van der Waals surface area (Å²) in [6.07, 6.45) is -0.223. The van der Waals surface area contributed by atoms with Crippen LogP contribution in [0, 0.1) is 0 Å². The van der Waals surface area contributed by atoms with Crippen molar-refractivity contribution in [2.24, 2.45) is 11.5 Å². The van der Waals surface area contributed by atoms with Gasteiger partial charge in [0, 0.05) is 12.2 Å². The highest BCUT2D eigenvalue weighted by molar-refractivity contribution is 7.80. The molecule has 0 saturated heterocycles. The normalized spacial score (nSPS) is 12.6. The van der Waals surface area contributed by atoms with E-state index >= 15 is 0 Å². The maximum Gasteiger partial charge on any atom is 0.327 e. The van der Waals surface area contributed by atoms with Crippen LogP contribution in [0.25, 0.3) is 0 Å². The zero-order valence-corrected chi connectivity index (χ0v) is 13.7. The minimum absolute atomic E-state index is 0.0666. The number of nitrogens with two attached hydrogens (primary N) is 2. The summed E-state index contributed by atoms with van der Waals surface area (Å²) in [5, 5.41) is 15.5. The zero-order valence-electron chi connectivity index (χ0n) is 12.8. The second-order valence-electron chi connectivity index (χ2n) is 4.69. The van der Waals surface area contributed by atoms with Gasteiger partial charge in [-0.2, -0.15) is 12.6 Å². The minimum Gasteiger partial charge on any atom is -0.480 e. The van der Waals surface area contributed by atoms with Crippen LogP contribution in [0.5, 0.6) is 0 Å². The highest BCUT2D eigenvalue weighted by Crippen LogP contribution is 1.97. The highest BCUT2D eigenvalue weighted by atomic mass is 32.1. The van der Waals surface area contributed by atoms with E-state index in [9.17, 15) is 24.0 Å². The Morgan fingerprint density at radius 2 is 1.62 bits per heavy atom. The van der Waals surface area contributed by atoms with Gasteiger partial charge in [-0.15, -0.1) is 0 Å². The Kier molecular flexibility index (Phi) is 10.1. The number of primary amides is 1. The van der Waals surface area contributed by atoms with E-state index in [2.05, 4.69) is 28.6 Å². The van der Waals surface area contributed by atoms with E-state index in [1.807, 2.05) is 0 Å². The molecule has 0 aromatic rings. The topological polar surface area (TPSA) is 194 Å². The van der Waals surface area contributed by atoms with E-state index in [4.69, 9.17) is 16.6 Å². The number of carboxylic acids is 1. The molecule has 2 atom stereocenters. The summed E-state index contributed by atoms with van der Waals surface area (Å²) in [7, 11) is 0. The smallest absolute Gasteiger partial charge is 0.327 e. The Hall–Kier alpha value is -2.34. The first-order valence-electron chi connectivity index (χ1n) is 6.89. The van der Waals surface area contributed by atoms with Gasteiger partial charge in [0.15, 0.2) is 0 Å². The van der Waals surface area contributed by atoms with Crippen LogP contribution < -0.4 is 27.4 Å². The van der Waals surface area contributed by atoms with Crippen LogP contribution in [0.3, 0.4) is 0 Å². The number of aliphatic carboxylic acids is 1. The van der Waals surface area contributed by atoms with Crippen molar-refractivity contribution in [3.63, 3.8) is 0 Å². The van der Waals surface area contributed by atoms with Crippen LogP contribution >= 0.6 is 12.6 Å². The Morgan fingerprint density at radius 1 is 1.04 bits per heavy atom. The van der Waals surface area contributed by atoms with E-state index in [-0.39, 0.29) is 25.1 Å². The summed E-state index contributed by atoms with van der Waals surface area (Å²) in [5.74, 6) is -4.15. The second kappa shape index (κ2) is 11.2. The van der Waals surface area contributed by atoms with Crippen molar-refractivity contribution < 1.29 is 29.1 Å².